The van der Waals surface area contributed by atoms with Gasteiger partial charge in [0.1, 0.15) is 5.75 Å². The molecule has 6 nitrogen and oxygen atoms in total. The second-order valence-corrected chi connectivity index (χ2v) is 7.78. The van der Waals surface area contributed by atoms with E-state index in [1.165, 1.54) is 24.3 Å². The largest absolute Gasteiger partial charge is 0.484 e. The predicted molar refractivity (Wildman–Crippen MR) is 94.3 cm³/mol. The van der Waals surface area contributed by atoms with E-state index in [1.807, 2.05) is 11.8 Å². The summed E-state index contributed by atoms with van der Waals surface area (Å²) in [6.45, 7) is 1.56. The molecule has 0 saturated heterocycles. The van der Waals surface area contributed by atoms with Crippen LogP contribution in [0.15, 0.2) is 51.8 Å². The molecule has 0 aliphatic heterocycles. The van der Waals surface area contributed by atoms with Crippen LogP contribution < -0.4 is 15.0 Å². The van der Waals surface area contributed by atoms with Gasteiger partial charge in [0.25, 0.3) is 15.9 Å². The highest BCUT2D eigenvalue weighted by molar-refractivity contribution is 9.10. The third-order valence-corrected chi connectivity index (χ3v) is 5.35. The van der Waals surface area contributed by atoms with Crippen LogP contribution in [0.25, 0.3) is 0 Å². The van der Waals surface area contributed by atoms with Crippen molar-refractivity contribution in [3.05, 3.63) is 57.5 Å². The highest BCUT2D eigenvalue weighted by atomic mass is 79.9. The van der Waals surface area contributed by atoms with Crippen LogP contribution in [0.1, 0.15) is 5.56 Å². The number of halogens is 2. The molecular weight excluding hydrogens is 420 g/mol. The lowest BCUT2D eigenvalue weighted by molar-refractivity contribution is -0.123. The number of hydrazine groups is 1. The van der Waals surface area contributed by atoms with Crippen LogP contribution in [-0.4, -0.2) is 20.9 Å². The quantitative estimate of drug-likeness (QED) is 0.686. The molecule has 2 aromatic carbocycles. The molecule has 128 valence electrons. The average molecular weight is 434 g/mol. The first-order valence-electron chi connectivity index (χ1n) is 6.73. The summed E-state index contributed by atoms with van der Waals surface area (Å²) < 4.78 is 30.2. The third-order valence-electron chi connectivity index (χ3n) is 2.95. The Hall–Kier alpha value is -1.61. The third kappa shape index (κ3) is 5.20. The molecule has 0 bridgehead atoms. The van der Waals surface area contributed by atoms with Crippen molar-refractivity contribution in [1.82, 2.24) is 10.3 Å². The maximum Gasteiger partial charge on any atom is 0.272 e. The number of sulfonamides is 1. The minimum Gasteiger partial charge on any atom is -0.484 e. The number of carbonyl (C=O) groups is 1. The summed E-state index contributed by atoms with van der Waals surface area (Å²) in [5.41, 5.74) is 3.04. The summed E-state index contributed by atoms with van der Waals surface area (Å²) in [4.78, 5) is 13.7. The molecule has 9 heteroatoms. The van der Waals surface area contributed by atoms with Crippen LogP contribution in [0.4, 0.5) is 0 Å². The topological polar surface area (TPSA) is 84.5 Å². The van der Waals surface area contributed by atoms with Gasteiger partial charge in [0.2, 0.25) is 0 Å². The zero-order valence-electron chi connectivity index (χ0n) is 12.5. The molecule has 0 aliphatic carbocycles. The van der Waals surface area contributed by atoms with Gasteiger partial charge in [0.05, 0.1) is 4.90 Å². The Bertz CT molecular complexity index is 841. The Balaban J connectivity index is 1.88. The normalized spacial score (nSPS) is 11.1. The van der Waals surface area contributed by atoms with Crippen molar-refractivity contribution in [2.45, 2.75) is 11.8 Å². The highest BCUT2D eigenvalue weighted by Crippen LogP contribution is 2.21. The fourth-order valence-electron chi connectivity index (χ4n) is 1.69. The van der Waals surface area contributed by atoms with E-state index in [9.17, 15) is 13.2 Å². The van der Waals surface area contributed by atoms with E-state index < -0.39 is 15.9 Å². The lowest BCUT2D eigenvalue weighted by atomic mass is 10.2. The molecule has 0 aromatic heterocycles. The SMILES string of the molecule is Cc1cc(OCC(=O)NNS(=O)(=O)c2ccc(Cl)cc2)ccc1Br. The molecule has 1 amide bonds. The van der Waals surface area contributed by atoms with Gasteiger partial charge in [-0.05, 0) is 55.0 Å². The van der Waals surface area contributed by atoms with Crippen molar-refractivity contribution in [2.75, 3.05) is 6.61 Å². The van der Waals surface area contributed by atoms with Crippen molar-refractivity contribution >= 4 is 43.5 Å². The number of hydrogen-bond donors (Lipinski definition) is 2. The fraction of sp³-hybridized carbons (Fsp3) is 0.133. The highest BCUT2D eigenvalue weighted by Gasteiger charge is 2.15. The Kier molecular flexibility index (Phi) is 6.22. The van der Waals surface area contributed by atoms with Crippen LogP contribution in [0.5, 0.6) is 5.75 Å². The van der Waals surface area contributed by atoms with Crippen LogP contribution in [-0.2, 0) is 14.8 Å². The molecule has 0 saturated carbocycles. The van der Waals surface area contributed by atoms with Gasteiger partial charge in [0, 0.05) is 9.50 Å². The molecular formula is C15H14BrClN2O4S. The summed E-state index contributed by atoms with van der Waals surface area (Å²) in [7, 11) is -3.87. The van der Waals surface area contributed by atoms with E-state index in [-0.39, 0.29) is 11.5 Å². The number of amides is 1. The number of aryl methyl sites for hydroxylation is 1. The number of carbonyl (C=O) groups excluding carboxylic acids is 1. The van der Waals surface area contributed by atoms with E-state index in [0.29, 0.717) is 10.8 Å². The molecule has 2 aromatic rings. The minimum atomic E-state index is -3.87. The Morgan fingerprint density at radius 2 is 1.88 bits per heavy atom. The van der Waals surface area contributed by atoms with E-state index >= 15 is 0 Å². The second-order valence-electron chi connectivity index (χ2n) is 4.81. The Labute approximate surface area is 153 Å². The van der Waals surface area contributed by atoms with E-state index in [0.717, 1.165) is 10.0 Å². The number of rotatable bonds is 6. The van der Waals surface area contributed by atoms with Gasteiger partial charge in [-0.25, -0.2) is 8.42 Å². The number of benzene rings is 2. The predicted octanol–water partition coefficient (Wildman–Crippen LogP) is 2.80. The summed E-state index contributed by atoms with van der Waals surface area (Å²) in [6.07, 6.45) is 0. The molecule has 0 spiro atoms. The first-order valence-corrected chi connectivity index (χ1v) is 9.38. The van der Waals surface area contributed by atoms with Gasteiger partial charge < -0.3 is 4.74 Å². The Morgan fingerprint density at radius 3 is 2.50 bits per heavy atom. The zero-order valence-corrected chi connectivity index (χ0v) is 15.7. The van der Waals surface area contributed by atoms with Crippen molar-refractivity contribution < 1.29 is 17.9 Å². The zero-order chi connectivity index (χ0) is 17.7. The molecule has 0 heterocycles. The summed E-state index contributed by atoms with van der Waals surface area (Å²) >= 11 is 9.07. The van der Waals surface area contributed by atoms with Gasteiger partial charge in [-0.2, -0.15) is 0 Å². The van der Waals surface area contributed by atoms with Gasteiger partial charge in [-0.3, -0.25) is 10.2 Å². The molecule has 0 aliphatic rings. The molecule has 24 heavy (non-hydrogen) atoms. The average Bonchev–Trinajstić information content (AvgIpc) is 2.54. The first kappa shape index (κ1) is 18.7. The molecule has 0 radical (unpaired) electrons. The molecule has 2 N–H and O–H groups in total. The monoisotopic (exact) mass is 432 g/mol. The molecule has 0 atom stereocenters. The first-order chi connectivity index (χ1) is 11.3. The lowest BCUT2D eigenvalue weighted by Gasteiger charge is -2.10. The van der Waals surface area contributed by atoms with Gasteiger partial charge in [-0.1, -0.05) is 27.5 Å². The van der Waals surface area contributed by atoms with Gasteiger partial charge in [0.15, 0.2) is 6.61 Å². The minimum absolute atomic E-state index is 0.0170. The van der Waals surface area contributed by atoms with Crippen molar-refractivity contribution in [3.63, 3.8) is 0 Å². The van der Waals surface area contributed by atoms with Crippen LogP contribution in [0.3, 0.4) is 0 Å². The van der Waals surface area contributed by atoms with E-state index in [1.54, 1.807) is 18.2 Å². The molecule has 0 fully saturated rings. The Morgan fingerprint density at radius 1 is 1.21 bits per heavy atom. The number of hydrogen-bond acceptors (Lipinski definition) is 4. The second kappa shape index (κ2) is 7.98. The number of ether oxygens (including phenoxy) is 1. The molecule has 0 unspecified atom stereocenters. The van der Waals surface area contributed by atoms with E-state index in [4.69, 9.17) is 16.3 Å². The standard InChI is InChI=1S/C15H14BrClN2O4S/c1-10-8-12(4-7-14(10)16)23-9-15(20)18-19-24(21,22)13-5-2-11(17)3-6-13/h2-8,19H,9H2,1H3,(H,18,20). The summed E-state index contributed by atoms with van der Waals surface area (Å²) in [5, 5.41) is 0.413. The fourth-order valence-corrected chi connectivity index (χ4v) is 2.92. The van der Waals surface area contributed by atoms with Crippen molar-refractivity contribution in [1.29, 1.82) is 0 Å². The maximum atomic E-state index is 12.0. The van der Waals surface area contributed by atoms with Crippen molar-refractivity contribution in [3.8, 4) is 5.75 Å². The summed E-state index contributed by atoms with van der Waals surface area (Å²) in [6, 6.07) is 10.8. The smallest absolute Gasteiger partial charge is 0.272 e. The van der Waals surface area contributed by atoms with Crippen LogP contribution in [0.2, 0.25) is 5.02 Å². The number of nitrogens with one attached hydrogen (secondary N) is 2. The lowest BCUT2D eigenvalue weighted by Crippen LogP contribution is -2.43. The maximum absolute atomic E-state index is 12.0. The van der Waals surface area contributed by atoms with E-state index in [2.05, 4.69) is 21.4 Å². The molecule has 2 rings (SSSR count). The van der Waals surface area contributed by atoms with Crippen LogP contribution >= 0.6 is 27.5 Å². The van der Waals surface area contributed by atoms with Crippen LogP contribution in [0, 0.1) is 6.92 Å². The summed E-state index contributed by atoms with van der Waals surface area (Å²) in [5.74, 6) is -0.125. The van der Waals surface area contributed by atoms with Crippen molar-refractivity contribution in [2.24, 2.45) is 0 Å². The van der Waals surface area contributed by atoms with Gasteiger partial charge >= 0.3 is 0 Å². The van der Waals surface area contributed by atoms with Gasteiger partial charge in [-0.15, -0.1) is 4.83 Å².